The van der Waals surface area contributed by atoms with E-state index in [1.54, 1.807) is 30.5 Å². The van der Waals surface area contributed by atoms with Crippen LogP contribution in [-0.4, -0.2) is 15.5 Å². The van der Waals surface area contributed by atoms with E-state index in [-0.39, 0.29) is 11.3 Å². The second-order valence-electron chi connectivity index (χ2n) is 5.49. The fourth-order valence-electron chi connectivity index (χ4n) is 2.78. The molecule has 1 atom stereocenters. The zero-order valence-corrected chi connectivity index (χ0v) is 14.2. The number of thioether (sulfide) groups is 1. The predicted octanol–water partition coefficient (Wildman–Crippen LogP) is 4.58. The molecule has 4 rings (SSSR count). The van der Waals surface area contributed by atoms with Crippen LogP contribution in [0.2, 0.25) is 5.02 Å². The van der Waals surface area contributed by atoms with Crippen LogP contribution in [0.4, 0.5) is 5.69 Å². The van der Waals surface area contributed by atoms with Crippen molar-refractivity contribution in [3.63, 3.8) is 0 Å². The van der Waals surface area contributed by atoms with Crippen molar-refractivity contribution in [1.29, 1.82) is 0 Å². The Hall–Kier alpha value is -2.24. The Labute approximate surface area is 148 Å². The van der Waals surface area contributed by atoms with Gasteiger partial charge in [-0.05, 0) is 36.4 Å². The largest absolute Gasteiger partial charge is 0.332 e. The standard InChI is InChI=1S/C18H14ClN3OS/c19-14-5-3-12(4-6-14)17(23)21-15-7-9-22-16(15)11-24-18(22)13-2-1-8-20-10-13/h1-10,18H,11H2,(H,21,23). The summed E-state index contributed by atoms with van der Waals surface area (Å²) in [6.45, 7) is 0. The van der Waals surface area contributed by atoms with E-state index in [0.717, 1.165) is 22.7 Å². The lowest BCUT2D eigenvalue weighted by Gasteiger charge is -2.12. The monoisotopic (exact) mass is 355 g/mol. The molecule has 3 heterocycles. The number of nitrogens with zero attached hydrogens (tertiary/aromatic N) is 2. The molecular weight excluding hydrogens is 342 g/mol. The summed E-state index contributed by atoms with van der Waals surface area (Å²) in [6, 6.07) is 12.9. The van der Waals surface area contributed by atoms with Crippen LogP contribution in [0.1, 0.15) is 27.0 Å². The number of hydrogen-bond acceptors (Lipinski definition) is 3. The fraction of sp³-hybridized carbons (Fsp3) is 0.111. The van der Waals surface area contributed by atoms with Gasteiger partial charge in [0.25, 0.3) is 5.91 Å². The molecule has 6 heteroatoms. The van der Waals surface area contributed by atoms with Gasteiger partial charge in [-0.15, -0.1) is 11.8 Å². The Balaban J connectivity index is 1.57. The van der Waals surface area contributed by atoms with Crippen molar-refractivity contribution in [2.75, 3.05) is 5.32 Å². The molecule has 2 aromatic heterocycles. The third-order valence-corrected chi connectivity index (χ3v) is 5.49. The summed E-state index contributed by atoms with van der Waals surface area (Å²) in [5, 5.41) is 3.82. The zero-order chi connectivity index (χ0) is 16.5. The van der Waals surface area contributed by atoms with Gasteiger partial charge < -0.3 is 9.88 Å². The van der Waals surface area contributed by atoms with E-state index in [4.69, 9.17) is 11.6 Å². The molecule has 1 unspecified atom stereocenters. The average Bonchev–Trinajstić information content (AvgIpc) is 3.19. The van der Waals surface area contributed by atoms with Crippen LogP contribution in [0.5, 0.6) is 0 Å². The van der Waals surface area contributed by atoms with Crippen LogP contribution in [0.25, 0.3) is 0 Å². The molecule has 1 aromatic carbocycles. The number of aromatic nitrogens is 2. The molecule has 0 radical (unpaired) electrons. The summed E-state index contributed by atoms with van der Waals surface area (Å²) in [4.78, 5) is 16.6. The summed E-state index contributed by atoms with van der Waals surface area (Å²) < 4.78 is 2.19. The molecule has 0 spiro atoms. The maximum absolute atomic E-state index is 12.4. The summed E-state index contributed by atoms with van der Waals surface area (Å²) in [5.41, 5.74) is 3.73. The lowest BCUT2D eigenvalue weighted by Crippen LogP contribution is -2.12. The normalized spacial score (nSPS) is 16.0. The number of amides is 1. The lowest BCUT2D eigenvalue weighted by atomic mass is 10.2. The summed E-state index contributed by atoms with van der Waals surface area (Å²) in [7, 11) is 0. The summed E-state index contributed by atoms with van der Waals surface area (Å²) in [6.07, 6.45) is 5.68. The minimum Gasteiger partial charge on any atom is -0.332 e. The Morgan fingerprint density at radius 3 is 2.83 bits per heavy atom. The van der Waals surface area contributed by atoms with E-state index in [0.29, 0.717) is 10.6 Å². The number of fused-ring (bicyclic) bond motifs is 1. The molecule has 0 aliphatic carbocycles. The van der Waals surface area contributed by atoms with Crippen LogP contribution < -0.4 is 5.32 Å². The third-order valence-electron chi connectivity index (χ3n) is 3.98. The first-order valence-electron chi connectivity index (χ1n) is 7.50. The predicted molar refractivity (Wildman–Crippen MR) is 97.5 cm³/mol. The highest BCUT2D eigenvalue weighted by Crippen LogP contribution is 2.43. The molecule has 1 amide bonds. The Morgan fingerprint density at radius 1 is 1.25 bits per heavy atom. The van der Waals surface area contributed by atoms with Crippen LogP contribution in [0.15, 0.2) is 61.1 Å². The van der Waals surface area contributed by atoms with Gasteiger partial charge in [0, 0.05) is 40.5 Å². The molecule has 0 bridgehead atoms. The second kappa shape index (κ2) is 6.34. The number of anilines is 1. The van der Waals surface area contributed by atoms with E-state index in [1.807, 2.05) is 36.3 Å². The first-order valence-corrected chi connectivity index (χ1v) is 8.93. The first-order chi connectivity index (χ1) is 11.7. The lowest BCUT2D eigenvalue weighted by molar-refractivity contribution is 0.102. The van der Waals surface area contributed by atoms with Gasteiger partial charge in [-0.25, -0.2) is 0 Å². The van der Waals surface area contributed by atoms with E-state index < -0.39 is 0 Å². The van der Waals surface area contributed by atoms with Crippen molar-refractivity contribution in [3.05, 3.63) is 82.9 Å². The number of pyridine rings is 1. The summed E-state index contributed by atoms with van der Waals surface area (Å²) in [5.74, 6) is 0.721. The number of carbonyl (C=O) groups excluding carboxylic acids is 1. The van der Waals surface area contributed by atoms with E-state index in [1.165, 1.54) is 0 Å². The molecule has 0 fully saturated rings. The third kappa shape index (κ3) is 2.81. The highest BCUT2D eigenvalue weighted by Gasteiger charge is 2.26. The van der Waals surface area contributed by atoms with Crippen molar-refractivity contribution in [3.8, 4) is 0 Å². The highest BCUT2D eigenvalue weighted by molar-refractivity contribution is 7.99. The Morgan fingerprint density at radius 2 is 2.08 bits per heavy atom. The van der Waals surface area contributed by atoms with Gasteiger partial charge >= 0.3 is 0 Å². The minimum absolute atomic E-state index is 0.129. The van der Waals surface area contributed by atoms with Crippen LogP contribution in [-0.2, 0) is 5.75 Å². The average molecular weight is 356 g/mol. The van der Waals surface area contributed by atoms with Crippen molar-refractivity contribution in [2.45, 2.75) is 11.1 Å². The van der Waals surface area contributed by atoms with Gasteiger partial charge in [-0.1, -0.05) is 17.7 Å². The maximum atomic E-state index is 12.4. The highest BCUT2D eigenvalue weighted by atomic mass is 35.5. The molecule has 4 nitrogen and oxygen atoms in total. The molecule has 3 aromatic rings. The molecular formula is C18H14ClN3OS. The van der Waals surface area contributed by atoms with E-state index >= 15 is 0 Å². The van der Waals surface area contributed by atoms with Crippen LogP contribution >= 0.6 is 23.4 Å². The molecule has 1 aliphatic rings. The Kier molecular flexibility index (Phi) is 4.04. The molecule has 1 N–H and O–H groups in total. The van der Waals surface area contributed by atoms with Crippen molar-refractivity contribution in [2.24, 2.45) is 0 Å². The molecule has 120 valence electrons. The van der Waals surface area contributed by atoms with Crippen molar-refractivity contribution in [1.82, 2.24) is 9.55 Å². The van der Waals surface area contributed by atoms with Gasteiger partial charge in [0.05, 0.1) is 11.4 Å². The molecule has 1 aliphatic heterocycles. The number of hydrogen-bond donors (Lipinski definition) is 1. The Bertz CT molecular complexity index is 877. The van der Waals surface area contributed by atoms with Gasteiger partial charge in [-0.2, -0.15) is 0 Å². The SMILES string of the molecule is O=C(Nc1ccn2c1CSC2c1cccnc1)c1ccc(Cl)cc1. The fourth-order valence-corrected chi connectivity index (χ4v) is 4.21. The second-order valence-corrected chi connectivity index (χ2v) is 7.00. The van der Waals surface area contributed by atoms with Gasteiger partial charge in [-0.3, -0.25) is 9.78 Å². The van der Waals surface area contributed by atoms with Gasteiger partial charge in [0.2, 0.25) is 0 Å². The number of nitrogens with one attached hydrogen (secondary N) is 1. The molecule has 0 saturated heterocycles. The maximum Gasteiger partial charge on any atom is 0.255 e. The quantitative estimate of drug-likeness (QED) is 0.747. The number of halogens is 1. The van der Waals surface area contributed by atoms with E-state index in [9.17, 15) is 4.79 Å². The van der Waals surface area contributed by atoms with Crippen molar-refractivity contribution >= 4 is 35.0 Å². The topological polar surface area (TPSA) is 46.9 Å². The van der Waals surface area contributed by atoms with Gasteiger partial charge in [0.15, 0.2) is 0 Å². The van der Waals surface area contributed by atoms with Crippen molar-refractivity contribution < 1.29 is 4.79 Å². The number of benzene rings is 1. The van der Waals surface area contributed by atoms with Crippen LogP contribution in [0.3, 0.4) is 0 Å². The van der Waals surface area contributed by atoms with Gasteiger partial charge in [0.1, 0.15) is 5.37 Å². The minimum atomic E-state index is -0.129. The number of rotatable bonds is 3. The van der Waals surface area contributed by atoms with Crippen LogP contribution in [0, 0.1) is 0 Å². The summed E-state index contributed by atoms with van der Waals surface area (Å²) >= 11 is 7.69. The number of carbonyl (C=O) groups is 1. The zero-order valence-electron chi connectivity index (χ0n) is 12.6. The smallest absolute Gasteiger partial charge is 0.255 e. The molecule has 24 heavy (non-hydrogen) atoms. The first kappa shape index (κ1) is 15.3. The molecule has 0 saturated carbocycles. The van der Waals surface area contributed by atoms with E-state index in [2.05, 4.69) is 20.9 Å².